The van der Waals surface area contributed by atoms with Crippen LogP contribution in [0.3, 0.4) is 0 Å². The molecule has 0 amide bonds. The fourth-order valence-corrected chi connectivity index (χ4v) is 3.34. The SMILES string of the molecule is CC(C)(C#N)c1cnn(S(=O)(=O)C2(C)C=CC=CC2)c1. The Morgan fingerprint density at radius 3 is 2.70 bits per heavy atom. The molecule has 0 radical (unpaired) electrons. The maximum absolute atomic E-state index is 12.7. The monoisotopic (exact) mass is 291 g/mol. The second kappa shape index (κ2) is 4.60. The molecular formula is C14H17N3O2S. The maximum Gasteiger partial charge on any atom is 0.263 e. The van der Waals surface area contributed by atoms with Crippen LogP contribution in [0.5, 0.6) is 0 Å². The summed E-state index contributed by atoms with van der Waals surface area (Å²) in [6, 6.07) is 2.14. The van der Waals surface area contributed by atoms with Crippen LogP contribution in [0.1, 0.15) is 32.8 Å². The van der Waals surface area contributed by atoms with E-state index in [0.717, 1.165) is 4.09 Å². The first kappa shape index (κ1) is 14.5. The molecule has 20 heavy (non-hydrogen) atoms. The Bertz CT molecular complexity index is 720. The molecule has 0 spiro atoms. The minimum atomic E-state index is -3.65. The van der Waals surface area contributed by atoms with Crippen molar-refractivity contribution in [1.82, 2.24) is 9.19 Å². The van der Waals surface area contributed by atoms with Crippen molar-refractivity contribution in [2.45, 2.75) is 37.4 Å². The molecule has 0 aliphatic heterocycles. The summed E-state index contributed by atoms with van der Waals surface area (Å²) < 4.78 is 25.3. The van der Waals surface area contributed by atoms with Gasteiger partial charge < -0.3 is 0 Å². The van der Waals surface area contributed by atoms with Gasteiger partial charge in [0, 0.05) is 11.8 Å². The van der Waals surface area contributed by atoms with Gasteiger partial charge in [0.2, 0.25) is 0 Å². The van der Waals surface area contributed by atoms with Gasteiger partial charge in [-0.25, -0.2) is 8.42 Å². The smallest absolute Gasteiger partial charge is 0.204 e. The molecule has 0 N–H and O–H groups in total. The van der Waals surface area contributed by atoms with E-state index in [9.17, 15) is 8.42 Å². The van der Waals surface area contributed by atoms with Gasteiger partial charge >= 0.3 is 0 Å². The van der Waals surface area contributed by atoms with Crippen LogP contribution in [0.15, 0.2) is 36.7 Å². The Morgan fingerprint density at radius 1 is 1.45 bits per heavy atom. The van der Waals surface area contributed by atoms with E-state index in [1.165, 1.54) is 12.4 Å². The van der Waals surface area contributed by atoms with Crippen molar-refractivity contribution in [3.05, 3.63) is 42.3 Å². The second-order valence-corrected chi connectivity index (χ2v) is 7.90. The van der Waals surface area contributed by atoms with Crippen LogP contribution in [0.4, 0.5) is 0 Å². The van der Waals surface area contributed by atoms with E-state index in [-0.39, 0.29) is 0 Å². The van der Waals surface area contributed by atoms with Crippen molar-refractivity contribution in [1.29, 1.82) is 5.26 Å². The third-order valence-electron chi connectivity index (χ3n) is 3.62. The molecule has 0 bridgehead atoms. The molecule has 0 fully saturated rings. The van der Waals surface area contributed by atoms with Gasteiger partial charge in [-0.1, -0.05) is 24.3 Å². The van der Waals surface area contributed by atoms with E-state index in [1.807, 2.05) is 12.2 Å². The highest BCUT2D eigenvalue weighted by Gasteiger charge is 2.39. The first-order chi connectivity index (χ1) is 9.23. The fourth-order valence-electron chi connectivity index (χ4n) is 1.94. The van der Waals surface area contributed by atoms with E-state index in [1.54, 1.807) is 32.9 Å². The summed E-state index contributed by atoms with van der Waals surface area (Å²) in [5.41, 5.74) is -0.181. The van der Waals surface area contributed by atoms with Crippen LogP contribution in [0.25, 0.3) is 0 Å². The normalized spacial score (nSPS) is 22.7. The Labute approximate surface area is 119 Å². The zero-order valence-electron chi connectivity index (χ0n) is 11.7. The summed E-state index contributed by atoms with van der Waals surface area (Å²) in [5.74, 6) is 0. The van der Waals surface area contributed by atoms with E-state index < -0.39 is 20.2 Å². The van der Waals surface area contributed by atoms with E-state index >= 15 is 0 Å². The van der Waals surface area contributed by atoms with Crippen molar-refractivity contribution in [3.8, 4) is 6.07 Å². The zero-order valence-corrected chi connectivity index (χ0v) is 12.6. The van der Waals surface area contributed by atoms with Crippen LogP contribution < -0.4 is 0 Å². The standard InChI is InChI=1S/C14H17N3O2S/c1-13(2,11-15)12-9-16-17(10-12)20(18,19)14(3)7-5-4-6-8-14/h4-7,9-10H,8H2,1-3H3. The number of nitrogens with zero attached hydrogens (tertiary/aromatic N) is 3. The Balaban J connectivity index is 2.45. The first-order valence-electron chi connectivity index (χ1n) is 6.29. The predicted molar refractivity (Wildman–Crippen MR) is 76.5 cm³/mol. The predicted octanol–water partition coefficient (Wildman–Crippen LogP) is 2.14. The van der Waals surface area contributed by atoms with Crippen LogP contribution in [-0.4, -0.2) is 22.4 Å². The summed E-state index contributed by atoms with van der Waals surface area (Å²) in [4.78, 5) is 0. The van der Waals surface area contributed by atoms with Crippen molar-refractivity contribution < 1.29 is 8.42 Å². The summed E-state index contributed by atoms with van der Waals surface area (Å²) in [6.45, 7) is 5.12. The van der Waals surface area contributed by atoms with Crippen LogP contribution in [0.2, 0.25) is 0 Å². The molecule has 0 saturated heterocycles. The molecule has 6 heteroatoms. The van der Waals surface area contributed by atoms with Crippen LogP contribution in [-0.2, 0) is 15.4 Å². The molecule has 1 aliphatic rings. The van der Waals surface area contributed by atoms with Crippen molar-refractivity contribution in [2.75, 3.05) is 0 Å². The molecule has 0 aromatic carbocycles. The van der Waals surface area contributed by atoms with E-state index in [4.69, 9.17) is 5.26 Å². The highest BCUT2D eigenvalue weighted by molar-refractivity contribution is 7.91. The third kappa shape index (κ3) is 2.18. The summed E-state index contributed by atoms with van der Waals surface area (Å²) >= 11 is 0. The van der Waals surface area contributed by atoms with Gasteiger partial charge in [0.05, 0.1) is 17.7 Å². The molecule has 1 aromatic rings. The Kier molecular flexibility index (Phi) is 3.34. The summed E-state index contributed by atoms with van der Waals surface area (Å²) in [5, 5.41) is 13.0. The van der Waals surface area contributed by atoms with Crippen molar-refractivity contribution >= 4 is 10.0 Å². The maximum atomic E-state index is 12.7. The first-order valence-corrected chi connectivity index (χ1v) is 7.73. The number of allylic oxidation sites excluding steroid dienone is 3. The van der Waals surface area contributed by atoms with Gasteiger partial charge in [0.25, 0.3) is 10.0 Å². The number of rotatable bonds is 3. The van der Waals surface area contributed by atoms with E-state index in [0.29, 0.717) is 12.0 Å². The van der Waals surface area contributed by atoms with Crippen molar-refractivity contribution in [2.24, 2.45) is 0 Å². The van der Waals surface area contributed by atoms with Crippen LogP contribution in [0, 0.1) is 11.3 Å². The third-order valence-corrected chi connectivity index (χ3v) is 5.79. The molecule has 1 aliphatic carbocycles. The molecule has 5 nitrogen and oxygen atoms in total. The lowest BCUT2D eigenvalue weighted by Gasteiger charge is -2.25. The molecule has 1 atom stereocenters. The van der Waals surface area contributed by atoms with Gasteiger partial charge in [-0.15, -0.1) is 0 Å². The minimum absolute atomic E-state index is 0.405. The molecular weight excluding hydrogens is 274 g/mol. The molecule has 0 saturated carbocycles. The lowest BCUT2D eigenvalue weighted by molar-refractivity contribution is 0.545. The van der Waals surface area contributed by atoms with Crippen LogP contribution >= 0.6 is 0 Å². The zero-order chi connectivity index (χ0) is 15.0. The second-order valence-electron chi connectivity index (χ2n) is 5.65. The number of aromatic nitrogens is 2. The summed E-state index contributed by atoms with van der Waals surface area (Å²) in [7, 11) is -3.65. The molecule has 1 heterocycles. The quantitative estimate of drug-likeness (QED) is 0.855. The topological polar surface area (TPSA) is 75.8 Å². The lowest BCUT2D eigenvalue weighted by Crippen LogP contribution is -2.38. The number of hydrogen-bond donors (Lipinski definition) is 0. The fraction of sp³-hybridized carbons (Fsp3) is 0.429. The number of hydrogen-bond acceptors (Lipinski definition) is 4. The lowest BCUT2D eigenvalue weighted by atomic mass is 9.89. The van der Waals surface area contributed by atoms with E-state index in [2.05, 4.69) is 11.2 Å². The van der Waals surface area contributed by atoms with Gasteiger partial charge in [-0.3, -0.25) is 0 Å². The highest BCUT2D eigenvalue weighted by Crippen LogP contribution is 2.29. The van der Waals surface area contributed by atoms with Gasteiger partial charge in [-0.05, 0) is 27.2 Å². The molecule has 2 rings (SSSR count). The van der Waals surface area contributed by atoms with Gasteiger partial charge in [0.1, 0.15) is 4.75 Å². The largest absolute Gasteiger partial charge is 0.263 e. The van der Waals surface area contributed by atoms with Gasteiger partial charge in [-0.2, -0.15) is 14.4 Å². The Morgan fingerprint density at radius 2 is 2.15 bits per heavy atom. The van der Waals surface area contributed by atoms with Gasteiger partial charge in [0.15, 0.2) is 0 Å². The molecule has 106 valence electrons. The molecule has 1 aromatic heterocycles. The highest BCUT2D eigenvalue weighted by atomic mass is 32.2. The average Bonchev–Trinajstić information content (AvgIpc) is 2.90. The average molecular weight is 291 g/mol. The summed E-state index contributed by atoms with van der Waals surface area (Å²) in [6.07, 6.45) is 10.3. The number of nitriles is 1. The minimum Gasteiger partial charge on any atom is -0.204 e. The van der Waals surface area contributed by atoms with Crippen molar-refractivity contribution in [3.63, 3.8) is 0 Å². The Hall–Kier alpha value is -1.87. The molecule has 1 unspecified atom stereocenters.